The molecule has 0 atom stereocenters. The van der Waals surface area contributed by atoms with E-state index in [1.165, 1.54) is 0 Å². The maximum Gasteiger partial charge on any atom is 0.268 e. The highest BCUT2D eigenvalue weighted by molar-refractivity contribution is 8.17. The van der Waals surface area contributed by atoms with E-state index >= 15 is 0 Å². The van der Waals surface area contributed by atoms with Crippen molar-refractivity contribution >= 4 is 62.7 Å². The predicted molar refractivity (Wildman–Crippen MR) is 194 cm³/mol. The average Bonchev–Trinajstić information content (AvgIpc) is 3.32. The lowest BCUT2D eigenvalue weighted by atomic mass is 10.4. The van der Waals surface area contributed by atoms with Gasteiger partial charge in [0.15, 0.2) is 0 Å². The van der Waals surface area contributed by atoms with Gasteiger partial charge in [0.25, 0.3) is 36.8 Å². The van der Waals surface area contributed by atoms with Crippen LogP contribution in [0.2, 0.25) is 0 Å². The zero-order chi connectivity index (χ0) is 31.6. The van der Waals surface area contributed by atoms with E-state index < -0.39 is 36.8 Å². The quantitative estimate of drug-likeness (QED) is 0.213. The van der Waals surface area contributed by atoms with Gasteiger partial charge in [-0.25, -0.2) is 0 Å². The van der Waals surface area contributed by atoms with Gasteiger partial charge < -0.3 is 22.1 Å². The Morgan fingerprint density at radius 1 is 0.244 bits per heavy atom. The lowest BCUT2D eigenvalue weighted by Crippen LogP contribution is -2.92. The first-order valence-electron chi connectivity index (χ1n) is 15.1. The first-order chi connectivity index (χ1) is 22.1. The molecule has 1 aliphatic heterocycles. The van der Waals surface area contributed by atoms with Crippen molar-refractivity contribution in [2.24, 2.45) is 0 Å². The summed E-state index contributed by atoms with van der Waals surface area (Å²) in [6, 6.07) is 54.0. The van der Waals surface area contributed by atoms with Crippen molar-refractivity contribution in [1.29, 1.82) is 0 Å². The molecule has 45 heavy (non-hydrogen) atoms. The molecule has 0 N–H and O–H groups in total. The van der Waals surface area contributed by atoms with Crippen LogP contribution in [0.15, 0.2) is 152 Å². The van der Waals surface area contributed by atoms with Crippen LogP contribution in [0, 0.1) is 0 Å². The van der Waals surface area contributed by atoms with Crippen LogP contribution in [0.25, 0.3) is 0 Å². The van der Waals surface area contributed by atoms with Crippen molar-refractivity contribution in [2.45, 2.75) is 0 Å². The monoisotopic (exact) mass is 680 g/mol. The molecule has 5 aromatic rings. The second-order valence-corrected chi connectivity index (χ2v) is 51.6. The Labute approximate surface area is 271 Å². The molecule has 10 heteroatoms. The molecule has 0 amide bonds. The number of rotatable bonds is 10. The fourth-order valence-corrected chi connectivity index (χ4v) is 165. The highest BCUT2D eigenvalue weighted by Crippen LogP contribution is 2.52. The van der Waals surface area contributed by atoms with E-state index in [0.717, 1.165) is 25.9 Å². The van der Waals surface area contributed by atoms with Gasteiger partial charge in [0.1, 0.15) is 0 Å². The minimum absolute atomic E-state index is 1.16. The molecule has 1 fully saturated rings. The second-order valence-electron chi connectivity index (χ2n) is 11.3. The molecule has 1 heterocycles. The summed E-state index contributed by atoms with van der Waals surface area (Å²) in [5.41, 5.74) is 0. The number of benzene rings is 5. The zero-order valence-electron chi connectivity index (χ0n) is 26.5. The van der Waals surface area contributed by atoms with Crippen LogP contribution < -0.4 is 25.9 Å². The lowest BCUT2D eigenvalue weighted by molar-refractivity contribution is 0.375. The van der Waals surface area contributed by atoms with Gasteiger partial charge in [-0.1, -0.05) is 152 Å². The molecular weight excluding hydrogens is 641 g/mol. The van der Waals surface area contributed by atoms with Crippen LogP contribution in [0.5, 0.6) is 0 Å². The molecule has 0 spiro atoms. The van der Waals surface area contributed by atoms with Gasteiger partial charge in [0.2, 0.25) is 0 Å². The van der Waals surface area contributed by atoms with Gasteiger partial charge in [0.05, 0.1) is 0 Å². The Kier molecular flexibility index (Phi) is 8.98. The van der Waals surface area contributed by atoms with Gasteiger partial charge in [-0.15, -0.1) is 0 Å². The van der Waals surface area contributed by atoms with Crippen molar-refractivity contribution in [3.63, 3.8) is 0 Å². The summed E-state index contributed by atoms with van der Waals surface area (Å²) in [5.74, 6) is 0. The highest BCUT2D eigenvalue weighted by Gasteiger charge is 3.00. The highest BCUT2D eigenvalue weighted by atomic mass is 30.2. The topological polar surface area (TPSA) is 46.2 Å². The van der Waals surface area contributed by atoms with E-state index in [4.69, 9.17) is 22.1 Å². The van der Waals surface area contributed by atoms with Crippen LogP contribution >= 0.6 is 0 Å². The minimum atomic E-state index is -3.50. The van der Waals surface area contributed by atoms with Gasteiger partial charge >= 0.3 is 0 Å². The standard InChI is InChI=1S/C35H40O5Si5/c1-36-41(31-21-11-6-12-22-31)42(37-2,32-23-13-7-14-24-32)44(39-4,34-27-17-9-18-28-34)45(40-5,35-29-19-10-20-30-35)43(41,38-3)33-25-15-8-16-26-33/h6-30H,1-5H3. The zero-order valence-corrected chi connectivity index (χ0v) is 31.5. The first kappa shape index (κ1) is 31.9. The van der Waals surface area contributed by atoms with E-state index in [1.54, 1.807) is 0 Å². The third-order valence-corrected chi connectivity index (χ3v) is 96.3. The Balaban J connectivity index is 2.03. The molecule has 5 nitrogen and oxygen atoms in total. The van der Waals surface area contributed by atoms with Crippen LogP contribution in [-0.4, -0.2) is 72.3 Å². The molecule has 0 radical (unpaired) electrons. The van der Waals surface area contributed by atoms with Gasteiger partial charge in [-0.2, -0.15) is 0 Å². The summed E-state index contributed by atoms with van der Waals surface area (Å²) in [5, 5.41) is 5.81. The molecule has 0 saturated carbocycles. The van der Waals surface area contributed by atoms with Gasteiger partial charge in [-0.05, 0) is 25.9 Å². The summed E-state index contributed by atoms with van der Waals surface area (Å²) >= 11 is 0. The maximum absolute atomic E-state index is 7.49. The van der Waals surface area contributed by atoms with E-state index in [9.17, 15) is 0 Å². The smallest absolute Gasteiger partial charge is 0.268 e. The van der Waals surface area contributed by atoms with Crippen LogP contribution in [0.1, 0.15) is 0 Å². The summed E-state index contributed by atoms with van der Waals surface area (Å²) in [6.45, 7) is 0. The molecular formula is C35H40O5Si5. The molecule has 5 aromatic carbocycles. The third kappa shape index (κ3) is 3.86. The number of hydrogen-bond donors (Lipinski definition) is 0. The van der Waals surface area contributed by atoms with E-state index in [1.807, 2.05) is 35.5 Å². The summed E-state index contributed by atoms with van der Waals surface area (Å²) < 4.78 is 37.4. The normalized spacial score (nSPS) is 29.4. The molecule has 0 aliphatic carbocycles. The Bertz CT molecular complexity index is 1390. The average molecular weight is 681 g/mol. The van der Waals surface area contributed by atoms with E-state index in [2.05, 4.69) is 152 Å². The fourth-order valence-electron chi connectivity index (χ4n) is 8.66. The third-order valence-electron chi connectivity index (χ3n) is 9.91. The first-order valence-corrected chi connectivity index (χ1v) is 29.7. The molecule has 0 bridgehead atoms. The van der Waals surface area contributed by atoms with E-state index in [-0.39, 0.29) is 0 Å². The van der Waals surface area contributed by atoms with Gasteiger partial charge in [-0.3, -0.25) is 0 Å². The summed E-state index contributed by atoms with van der Waals surface area (Å²) in [7, 11) is -7.97. The van der Waals surface area contributed by atoms with Crippen LogP contribution in [-0.2, 0) is 22.1 Å². The second kappa shape index (κ2) is 12.6. The molecule has 0 aromatic heterocycles. The molecule has 0 unspecified atom stereocenters. The SMILES string of the molecule is CO[Si]1(c2ccccc2)[Si](OC)(c2ccccc2)[Si](OC)(c2ccccc2)[Si](OC)(c2ccccc2)[Si]1(OC)c1ccccc1. The molecule has 6 rings (SSSR count). The Morgan fingerprint density at radius 2 is 0.378 bits per heavy atom. The minimum Gasteiger partial charge on any atom is -0.415 e. The van der Waals surface area contributed by atoms with Crippen molar-refractivity contribution in [2.75, 3.05) is 35.5 Å². The largest absolute Gasteiger partial charge is 0.415 e. The maximum atomic E-state index is 7.49. The predicted octanol–water partition coefficient (Wildman–Crippen LogP) is 2.89. The molecule has 230 valence electrons. The van der Waals surface area contributed by atoms with Crippen molar-refractivity contribution in [3.05, 3.63) is 152 Å². The van der Waals surface area contributed by atoms with Gasteiger partial charge in [0, 0.05) is 35.5 Å². The van der Waals surface area contributed by atoms with Crippen LogP contribution in [0.3, 0.4) is 0 Å². The Morgan fingerprint density at radius 3 is 0.489 bits per heavy atom. The van der Waals surface area contributed by atoms with Crippen molar-refractivity contribution in [1.82, 2.24) is 0 Å². The fraction of sp³-hybridized carbons (Fsp3) is 0.143. The van der Waals surface area contributed by atoms with Crippen molar-refractivity contribution in [3.8, 4) is 0 Å². The van der Waals surface area contributed by atoms with E-state index in [0.29, 0.717) is 0 Å². The Hall–Kier alpha value is -3.02. The van der Waals surface area contributed by atoms with Crippen molar-refractivity contribution < 1.29 is 22.1 Å². The van der Waals surface area contributed by atoms with Crippen LogP contribution in [0.4, 0.5) is 0 Å². The molecule has 1 saturated heterocycles. The lowest BCUT2D eigenvalue weighted by Gasteiger charge is -2.49. The number of hydrogen-bond acceptors (Lipinski definition) is 5. The summed E-state index contributed by atoms with van der Waals surface area (Å²) in [4.78, 5) is 0. The summed E-state index contributed by atoms with van der Waals surface area (Å²) in [6.07, 6.45) is 0. The molecule has 1 aliphatic rings.